The lowest BCUT2D eigenvalue weighted by Crippen LogP contribution is -2.33. The SMILES string of the molecule is Cc1ccc(CNC(=O)c2ccc(/C=C3/Sc4ccccc4N(Cc4cccc(Cl)c4)C3=O)cc2)cc1. The molecule has 4 aromatic rings. The quantitative estimate of drug-likeness (QED) is 0.270. The number of fused-ring (bicyclic) bond motifs is 1. The Morgan fingerprint density at radius 3 is 2.43 bits per heavy atom. The highest BCUT2D eigenvalue weighted by Gasteiger charge is 2.29. The number of amides is 2. The number of nitrogens with one attached hydrogen (secondary N) is 1. The van der Waals surface area contributed by atoms with Gasteiger partial charge in [0.15, 0.2) is 0 Å². The maximum absolute atomic E-state index is 13.5. The van der Waals surface area contributed by atoms with Crippen molar-refractivity contribution < 1.29 is 9.59 Å². The summed E-state index contributed by atoms with van der Waals surface area (Å²) in [4.78, 5) is 29.6. The van der Waals surface area contributed by atoms with Crippen LogP contribution in [0.3, 0.4) is 0 Å². The van der Waals surface area contributed by atoms with E-state index in [2.05, 4.69) is 5.32 Å². The third kappa shape index (κ3) is 5.96. The lowest BCUT2D eigenvalue weighted by molar-refractivity contribution is -0.114. The third-order valence-electron chi connectivity index (χ3n) is 6.11. The molecular weight excluding hydrogens is 500 g/mol. The van der Waals surface area contributed by atoms with Crippen LogP contribution < -0.4 is 10.2 Å². The van der Waals surface area contributed by atoms with Crippen molar-refractivity contribution in [2.45, 2.75) is 24.9 Å². The first-order valence-electron chi connectivity index (χ1n) is 11.9. The molecule has 2 amide bonds. The van der Waals surface area contributed by atoms with E-state index < -0.39 is 0 Å². The minimum absolute atomic E-state index is 0.0661. The van der Waals surface area contributed by atoms with Gasteiger partial charge in [-0.25, -0.2) is 0 Å². The highest BCUT2D eigenvalue weighted by molar-refractivity contribution is 8.04. The van der Waals surface area contributed by atoms with Crippen LogP contribution in [-0.4, -0.2) is 11.8 Å². The van der Waals surface area contributed by atoms with Crippen molar-refractivity contribution in [3.05, 3.63) is 135 Å². The Kier molecular flexibility index (Phi) is 7.45. The summed E-state index contributed by atoms with van der Waals surface area (Å²) < 4.78 is 0. The predicted octanol–water partition coefficient (Wildman–Crippen LogP) is 7.26. The van der Waals surface area contributed by atoms with Gasteiger partial charge in [-0.2, -0.15) is 0 Å². The number of carbonyl (C=O) groups is 2. The van der Waals surface area contributed by atoms with Crippen molar-refractivity contribution in [3.63, 3.8) is 0 Å². The molecule has 1 N–H and O–H groups in total. The van der Waals surface area contributed by atoms with E-state index >= 15 is 0 Å². The van der Waals surface area contributed by atoms with Crippen molar-refractivity contribution in [2.24, 2.45) is 0 Å². The van der Waals surface area contributed by atoms with Crippen LogP contribution in [-0.2, 0) is 17.9 Å². The van der Waals surface area contributed by atoms with Crippen molar-refractivity contribution >= 4 is 46.9 Å². The zero-order valence-electron chi connectivity index (χ0n) is 20.3. The summed E-state index contributed by atoms with van der Waals surface area (Å²) >= 11 is 7.64. The molecule has 1 aliphatic heterocycles. The second-order valence-corrected chi connectivity index (χ2v) is 10.4. The number of thioether (sulfide) groups is 1. The Balaban J connectivity index is 1.33. The molecule has 184 valence electrons. The normalized spacial score (nSPS) is 13.9. The van der Waals surface area contributed by atoms with Crippen LogP contribution in [0.15, 0.2) is 107 Å². The van der Waals surface area contributed by atoms with Crippen molar-refractivity contribution in [1.82, 2.24) is 5.32 Å². The number of nitrogens with zero attached hydrogens (tertiary/aromatic N) is 1. The molecule has 1 heterocycles. The van der Waals surface area contributed by atoms with E-state index in [0.29, 0.717) is 28.6 Å². The fourth-order valence-electron chi connectivity index (χ4n) is 4.11. The third-order valence-corrected chi connectivity index (χ3v) is 7.42. The van der Waals surface area contributed by atoms with Gasteiger partial charge in [0, 0.05) is 22.0 Å². The van der Waals surface area contributed by atoms with E-state index in [0.717, 1.165) is 27.3 Å². The first-order chi connectivity index (χ1) is 18.0. The number of anilines is 1. The number of rotatable bonds is 6. The van der Waals surface area contributed by atoms with Gasteiger partial charge in [0.2, 0.25) is 0 Å². The summed E-state index contributed by atoms with van der Waals surface area (Å²) in [5, 5.41) is 3.60. The van der Waals surface area contributed by atoms with Gasteiger partial charge >= 0.3 is 0 Å². The maximum Gasteiger partial charge on any atom is 0.265 e. The highest BCUT2D eigenvalue weighted by atomic mass is 35.5. The van der Waals surface area contributed by atoms with Gasteiger partial charge in [-0.05, 0) is 66.1 Å². The molecule has 0 radical (unpaired) electrons. The molecule has 5 rings (SSSR count). The molecule has 0 unspecified atom stereocenters. The van der Waals surface area contributed by atoms with Gasteiger partial charge in [-0.1, -0.05) is 89.6 Å². The Morgan fingerprint density at radius 1 is 0.919 bits per heavy atom. The van der Waals surface area contributed by atoms with Gasteiger partial charge in [0.25, 0.3) is 11.8 Å². The summed E-state index contributed by atoms with van der Waals surface area (Å²) in [7, 11) is 0. The van der Waals surface area contributed by atoms with Gasteiger partial charge in [0.05, 0.1) is 17.1 Å². The van der Waals surface area contributed by atoms with Crippen LogP contribution in [0.1, 0.15) is 32.6 Å². The topological polar surface area (TPSA) is 49.4 Å². The van der Waals surface area contributed by atoms with Crippen LogP contribution in [0.5, 0.6) is 0 Å². The van der Waals surface area contributed by atoms with E-state index in [9.17, 15) is 9.59 Å². The molecule has 0 saturated heterocycles. The number of aryl methyl sites for hydroxylation is 1. The summed E-state index contributed by atoms with van der Waals surface area (Å²) in [6.07, 6.45) is 1.88. The van der Waals surface area contributed by atoms with Gasteiger partial charge in [0.1, 0.15) is 0 Å². The molecule has 0 bridgehead atoms. The highest BCUT2D eigenvalue weighted by Crippen LogP contribution is 2.42. The molecular formula is C31H25ClN2O2S. The molecule has 6 heteroatoms. The smallest absolute Gasteiger partial charge is 0.265 e. The number of halogens is 1. The van der Waals surface area contributed by atoms with E-state index in [1.165, 1.54) is 17.3 Å². The fourth-order valence-corrected chi connectivity index (χ4v) is 5.38. The lowest BCUT2D eigenvalue weighted by Gasteiger charge is -2.30. The Morgan fingerprint density at radius 2 is 1.68 bits per heavy atom. The Bertz CT molecular complexity index is 1480. The number of benzene rings is 4. The second kappa shape index (κ2) is 11.1. The minimum atomic E-state index is -0.135. The zero-order chi connectivity index (χ0) is 25.8. The van der Waals surface area contributed by atoms with Gasteiger partial charge in [-0.3, -0.25) is 9.59 Å². The standard InChI is InChI=1S/C31H25ClN2O2S/c1-21-9-11-23(12-10-21)19-33-30(35)25-15-13-22(14-16-25)18-29-31(36)34(20-24-5-4-6-26(32)17-24)27-7-2-3-8-28(27)37-29/h2-18H,19-20H2,1H3,(H,33,35)/b29-18+. The molecule has 0 aromatic heterocycles. The summed E-state index contributed by atoms with van der Waals surface area (Å²) in [6, 6.07) is 30.8. The molecule has 0 aliphatic carbocycles. The molecule has 4 aromatic carbocycles. The fraction of sp³-hybridized carbons (Fsp3) is 0.0968. The van der Waals surface area contributed by atoms with Crippen LogP contribution in [0.4, 0.5) is 5.69 Å². The number of hydrogen-bond donors (Lipinski definition) is 1. The maximum atomic E-state index is 13.5. The van der Waals surface area contributed by atoms with Crippen LogP contribution in [0, 0.1) is 6.92 Å². The largest absolute Gasteiger partial charge is 0.348 e. The number of para-hydroxylation sites is 1. The molecule has 0 atom stereocenters. The molecule has 37 heavy (non-hydrogen) atoms. The van der Waals surface area contributed by atoms with Crippen molar-refractivity contribution in [2.75, 3.05) is 4.90 Å². The molecule has 4 nitrogen and oxygen atoms in total. The number of carbonyl (C=O) groups excluding carboxylic acids is 2. The minimum Gasteiger partial charge on any atom is -0.348 e. The first-order valence-corrected chi connectivity index (χ1v) is 13.1. The van der Waals surface area contributed by atoms with Crippen LogP contribution in [0.2, 0.25) is 5.02 Å². The predicted molar refractivity (Wildman–Crippen MR) is 152 cm³/mol. The van der Waals surface area contributed by atoms with Gasteiger partial charge in [-0.15, -0.1) is 0 Å². The average Bonchev–Trinajstić information content (AvgIpc) is 2.91. The Labute approximate surface area is 226 Å². The zero-order valence-corrected chi connectivity index (χ0v) is 21.9. The van der Waals surface area contributed by atoms with Crippen LogP contribution in [0.25, 0.3) is 6.08 Å². The number of hydrogen-bond acceptors (Lipinski definition) is 3. The molecule has 0 fully saturated rings. The van der Waals surface area contributed by atoms with Crippen LogP contribution >= 0.6 is 23.4 Å². The van der Waals surface area contributed by atoms with E-state index in [4.69, 9.17) is 11.6 Å². The Hall–Kier alpha value is -3.80. The first kappa shape index (κ1) is 24.9. The monoisotopic (exact) mass is 524 g/mol. The summed E-state index contributed by atoms with van der Waals surface area (Å²) in [6.45, 7) is 2.93. The van der Waals surface area contributed by atoms with E-state index in [-0.39, 0.29) is 11.8 Å². The van der Waals surface area contributed by atoms with E-state index in [1.807, 2.05) is 97.9 Å². The average molecular weight is 525 g/mol. The second-order valence-electron chi connectivity index (χ2n) is 8.89. The lowest BCUT2D eigenvalue weighted by atomic mass is 10.1. The summed E-state index contributed by atoms with van der Waals surface area (Å²) in [5.74, 6) is -0.201. The molecule has 1 aliphatic rings. The summed E-state index contributed by atoms with van der Waals surface area (Å²) in [5.41, 5.74) is 5.51. The molecule has 0 saturated carbocycles. The van der Waals surface area contributed by atoms with Crippen molar-refractivity contribution in [3.8, 4) is 0 Å². The van der Waals surface area contributed by atoms with Gasteiger partial charge < -0.3 is 10.2 Å². The molecule has 0 spiro atoms. The van der Waals surface area contributed by atoms with E-state index in [1.54, 1.807) is 17.0 Å². The van der Waals surface area contributed by atoms with Crippen molar-refractivity contribution in [1.29, 1.82) is 0 Å².